The largest absolute Gasteiger partial charge is 0.497 e. The molecule has 4 aliphatic rings. The van der Waals surface area contributed by atoms with Crippen LogP contribution in [0.4, 0.5) is 0 Å². The normalized spacial score (nSPS) is 28.2. The number of methoxy groups -OCH3 is 1. The van der Waals surface area contributed by atoms with E-state index < -0.39 is 35.7 Å². The van der Waals surface area contributed by atoms with Crippen LogP contribution in [0.25, 0.3) is 22.3 Å². The van der Waals surface area contributed by atoms with Crippen LogP contribution in [0.1, 0.15) is 76.3 Å². The number of benzene rings is 1. The van der Waals surface area contributed by atoms with Crippen molar-refractivity contribution in [1.29, 1.82) is 0 Å². The van der Waals surface area contributed by atoms with Gasteiger partial charge in [-0.3, -0.25) is 14.6 Å². The number of carboxylic acid groups (broad SMARTS) is 1. The first-order valence-electron chi connectivity index (χ1n) is 18.0. The number of rotatable bonds is 7. The number of amides is 2. The number of fused-ring (bicyclic) bond motifs is 3. The Morgan fingerprint density at radius 2 is 1.80 bits per heavy atom. The maximum Gasteiger partial charge on any atom is 0.330 e. The Morgan fingerprint density at radius 3 is 2.58 bits per heavy atom. The molecule has 0 radical (unpaired) electrons. The molecule has 3 aromatic rings. The molecule has 1 aromatic carbocycles. The monoisotopic (exact) mass is 682 g/mol. The van der Waals surface area contributed by atoms with Crippen LogP contribution in [-0.2, 0) is 19.1 Å². The molecule has 2 amide bonds. The minimum Gasteiger partial charge on any atom is -0.497 e. The summed E-state index contributed by atoms with van der Waals surface area (Å²) >= 11 is 0. The van der Waals surface area contributed by atoms with Crippen LogP contribution in [0.15, 0.2) is 54.6 Å². The van der Waals surface area contributed by atoms with Gasteiger partial charge in [0.05, 0.1) is 36.7 Å². The lowest BCUT2D eigenvalue weighted by Gasteiger charge is -2.30. The van der Waals surface area contributed by atoms with E-state index in [1.807, 2.05) is 61.5 Å². The molecule has 264 valence electrons. The molecule has 1 saturated heterocycles. The first kappa shape index (κ1) is 34.0. The smallest absolute Gasteiger partial charge is 0.330 e. The summed E-state index contributed by atoms with van der Waals surface area (Å²) in [5, 5.41) is 13.8. The van der Waals surface area contributed by atoms with Gasteiger partial charge in [0.25, 0.3) is 5.91 Å². The number of ether oxygens (including phenoxy) is 3. The number of aliphatic carboxylic acids is 1. The van der Waals surface area contributed by atoms with Crippen molar-refractivity contribution < 1.29 is 33.7 Å². The number of allylic oxidation sites excluding steroid dienone is 1. The van der Waals surface area contributed by atoms with Crippen molar-refractivity contribution in [2.75, 3.05) is 13.7 Å². The Hall–Kier alpha value is -4.51. The molecule has 5 unspecified atom stereocenters. The summed E-state index contributed by atoms with van der Waals surface area (Å²) in [6, 6.07) is 12.2. The van der Waals surface area contributed by atoms with Crippen LogP contribution < -0.4 is 14.8 Å². The highest BCUT2D eigenvalue weighted by Crippen LogP contribution is 2.45. The molecule has 5 atom stereocenters. The van der Waals surface area contributed by atoms with Gasteiger partial charge in [0.2, 0.25) is 5.91 Å². The standard InChI is InChI=1S/C39H46N4O7/c1-24-11-10-15-30(40-24)32-21-35(29-18-17-27(48-2)19-31(29)41-32)50-28-20-33-36(44)42-39(38(46)47)22-25(39)12-6-4-3-5-7-16-34(37(45)43(33)23-28)49-26-13-8-9-14-26/h6,10-12,15,17-19,21,25-26,28,33-34H,3-5,7-9,13-14,16,20,22-23H2,1-2H3,(H,42,44)(H,46,47)/b12-6+. The number of carbonyl (C=O) groups is 3. The molecule has 2 aromatic heterocycles. The maximum absolute atomic E-state index is 14.5. The van der Waals surface area contributed by atoms with E-state index in [2.05, 4.69) is 10.3 Å². The lowest BCUT2D eigenvalue weighted by atomic mass is 10.1. The first-order valence-corrected chi connectivity index (χ1v) is 18.0. The van der Waals surface area contributed by atoms with E-state index in [9.17, 15) is 19.5 Å². The van der Waals surface area contributed by atoms with Gasteiger partial charge >= 0.3 is 5.97 Å². The number of nitrogens with zero attached hydrogens (tertiary/aromatic N) is 3. The first-order chi connectivity index (χ1) is 24.2. The van der Waals surface area contributed by atoms with E-state index >= 15 is 0 Å². The summed E-state index contributed by atoms with van der Waals surface area (Å²) < 4.78 is 18.7. The molecule has 50 heavy (non-hydrogen) atoms. The van der Waals surface area contributed by atoms with Gasteiger partial charge in [0, 0.05) is 35.6 Å². The molecule has 2 saturated carbocycles. The van der Waals surface area contributed by atoms with Gasteiger partial charge < -0.3 is 29.5 Å². The van der Waals surface area contributed by atoms with Crippen molar-refractivity contribution in [3.8, 4) is 22.9 Å². The Balaban J connectivity index is 1.22. The molecule has 0 bridgehead atoms. The zero-order valence-corrected chi connectivity index (χ0v) is 28.8. The molecular formula is C39H46N4O7. The van der Waals surface area contributed by atoms with Crippen LogP contribution >= 0.6 is 0 Å². The molecule has 11 heteroatoms. The minimum absolute atomic E-state index is 0.0206. The van der Waals surface area contributed by atoms with Crippen molar-refractivity contribution in [3.63, 3.8) is 0 Å². The van der Waals surface area contributed by atoms with E-state index in [-0.39, 0.29) is 30.9 Å². The van der Waals surface area contributed by atoms with Crippen molar-refractivity contribution in [2.45, 2.75) is 107 Å². The molecule has 4 heterocycles. The number of carboxylic acids is 1. The fraction of sp³-hybridized carbons (Fsp3) is 0.513. The van der Waals surface area contributed by atoms with Crippen molar-refractivity contribution in [2.24, 2.45) is 5.92 Å². The number of carbonyl (C=O) groups excluding carboxylic acids is 2. The molecule has 2 aliphatic carbocycles. The minimum atomic E-state index is -1.38. The van der Waals surface area contributed by atoms with Gasteiger partial charge in [-0.15, -0.1) is 0 Å². The zero-order chi connectivity index (χ0) is 34.8. The van der Waals surface area contributed by atoms with E-state index in [1.165, 1.54) is 0 Å². The highest BCUT2D eigenvalue weighted by Gasteiger charge is 2.61. The molecule has 0 spiro atoms. The predicted molar refractivity (Wildman–Crippen MR) is 187 cm³/mol. The van der Waals surface area contributed by atoms with Crippen LogP contribution in [0.3, 0.4) is 0 Å². The third-order valence-corrected chi connectivity index (χ3v) is 10.7. The summed E-state index contributed by atoms with van der Waals surface area (Å²) in [6.45, 7) is 2.08. The maximum atomic E-state index is 14.5. The van der Waals surface area contributed by atoms with Gasteiger partial charge in [-0.1, -0.05) is 43.9 Å². The average molecular weight is 683 g/mol. The summed E-state index contributed by atoms with van der Waals surface area (Å²) in [7, 11) is 1.60. The third kappa shape index (κ3) is 7.06. The third-order valence-electron chi connectivity index (χ3n) is 10.7. The molecular weight excluding hydrogens is 636 g/mol. The van der Waals surface area contributed by atoms with Crippen molar-refractivity contribution in [1.82, 2.24) is 20.2 Å². The lowest BCUT2D eigenvalue weighted by Crippen LogP contribution is -2.54. The second-order valence-corrected chi connectivity index (χ2v) is 14.2. The number of nitrogens with one attached hydrogen (secondary N) is 1. The number of hydrogen-bond acceptors (Lipinski definition) is 8. The highest BCUT2D eigenvalue weighted by atomic mass is 16.5. The van der Waals surface area contributed by atoms with Gasteiger partial charge in [0.1, 0.15) is 35.3 Å². The Bertz CT molecular complexity index is 1790. The number of aromatic nitrogens is 2. The van der Waals surface area contributed by atoms with Gasteiger partial charge in [-0.05, 0) is 69.7 Å². The summed E-state index contributed by atoms with van der Waals surface area (Å²) in [6.07, 6.45) is 11.3. The number of aryl methyl sites for hydroxylation is 1. The van der Waals surface area contributed by atoms with Crippen molar-refractivity contribution >= 4 is 28.7 Å². The lowest BCUT2D eigenvalue weighted by molar-refractivity contribution is -0.153. The van der Waals surface area contributed by atoms with Crippen molar-refractivity contribution in [3.05, 3.63) is 60.3 Å². The van der Waals surface area contributed by atoms with Gasteiger partial charge in [-0.2, -0.15) is 0 Å². The average Bonchev–Trinajstić information content (AvgIpc) is 3.39. The number of pyridine rings is 2. The highest BCUT2D eigenvalue weighted by molar-refractivity contribution is 5.95. The Kier molecular flexibility index (Phi) is 9.77. The van der Waals surface area contributed by atoms with E-state index in [0.29, 0.717) is 41.2 Å². The fourth-order valence-electron chi connectivity index (χ4n) is 7.76. The SMILES string of the molecule is COc1ccc2c(OC3CC4C(=O)NC5(C(=O)O)CC5/C=C/CCCCCC(OC5CCCC5)C(=O)N4C3)cc(-c3cccc(C)n3)nc2c1. The fourth-order valence-corrected chi connectivity index (χ4v) is 7.76. The van der Waals surface area contributed by atoms with E-state index in [1.54, 1.807) is 12.0 Å². The van der Waals surface area contributed by atoms with Crippen LogP contribution in [0.5, 0.6) is 11.5 Å². The van der Waals surface area contributed by atoms with Crippen LogP contribution in [0.2, 0.25) is 0 Å². The summed E-state index contributed by atoms with van der Waals surface area (Å²) in [4.78, 5) is 52.2. The topological polar surface area (TPSA) is 140 Å². The van der Waals surface area contributed by atoms with Gasteiger partial charge in [0.15, 0.2) is 0 Å². The summed E-state index contributed by atoms with van der Waals surface area (Å²) in [5.74, 6) is -0.878. The molecule has 2 aliphatic heterocycles. The van der Waals surface area contributed by atoms with Crippen LogP contribution in [0, 0.1) is 12.8 Å². The quantitative estimate of drug-likeness (QED) is 0.297. The Labute approximate surface area is 292 Å². The molecule has 7 rings (SSSR count). The molecule has 3 fully saturated rings. The second kappa shape index (κ2) is 14.4. The van der Waals surface area contributed by atoms with Crippen LogP contribution in [-0.4, -0.2) is 81.3 Å². The van der Waals surface area contributed by atoms with E-state index in [0.717, 1.165) is 62.4 Å². The Morgan fingerprint density at radius 1 is 0.980 bits per heavy atom. The second-order valence-electron chi connectivity index (χ2n) is 14.2. The zero-order valence-electron chi connectivity index (χ0n) is 28.8. The number of hydrogen-bond donors (Lipinski definition) is 2. The van der Waals surface area contributed by atoms with Gasteiger partial charge in [-0.25, -0.2) is 9.78 Å². The van der Waals surface area contributed by atoms with E-state index in [4.69, 9.17) is 19.2 Å². The predicted octanol–water partition coefficient (Wildman–Crippen LogP) is 5.77. The molecule has 2 N–H and O–H groups in total. The summed E-state index contributed by atoms with van der Waals surface area (Å²) in [5.41, 5.74) is 1.43. The molecule has 11 nitrogen and oxygen atoms in total.